The Labute approximate surface area is 316 Å². The van der Waals surface area contributed by atoms with Crippen LogP contribution in [0.4, 0.5) is 13.2 Å². The van der Waals surface area contributed by atoms with Crippen molar-refractivity contribution in [3.63, 3.8) is 0 Å². The summed E-state index contributed by atoms with van der Waals surface area (Å²) in [7, 11) is -3.96. The van der Waals surface area contributed by atoms with Crippen LogP contribution < -0.4 is 5.56 Å². The van der Waals surface area contributed by atoms with E-state index in [-0.39, 0.29) is 16.4 Å². The zero-order valence-corrected chi connectivity index (χ0v) is 30.4. The summed E-state index contributed by atoms with van der Waals surface area (Å²) in [6.07, 6.45) is -2.02. The van der Waals surface area contributed by atoms with Gasteiger partial charge in [-0.1, -0.05) is 109 Å². The number of pyridine rings is 1. The van der Waals surface area contributed by atoms with Gasteiger partial charge < -0.3 is 4.57 Å². The second kappa shape index (κ2) is 14.4. The van der Waals surface area contributed by atoms with E-state index in [0.717, 1.165) is 33.9 Å². The molecule has 2 heterocycles. The number of rotatable bonds is 8. The predicted octanol–water partition coefficient (Wildman–Crippen LogP) is 9.96. The fraction of sp³-hybridized carbons (Fsp3) is 0.156. The van der Waals surface area contributed by atoms with Gasteiger partial charge in [0.2, 0.25) is 10.0 Å². The van der Waals surface area contributed by atoms with Gasteiger partial charge in [0.1, 0.15) is 0 Å². The Morgan fingerprint density at radius 2 is 1.29 bits per heavy atom. The Hall–Kier alpha value is -5.84. The number of aromatic nitrogens is 1. The van der Waals surface area contributed by atoms with Crippen LogP contribution in [0.3, 0.4) is 0 Å². The minimum atomic E-state index is -4.49. The molecule has 276 valence electrons. The first kappa shape index (κ1) is 36.2. The van der Waals surface area contributed by atoms with Crippen molar-refractivity contribution in [2.24, 2.45) is 0 Å². The van der Waals surface area contributed by atoms with Gasteiger partial charge in [-0.3, -0.25) is 9.59 Å². The summed E-state index contributed by atoms with van der Waals surface area (Å²) in [5.74, 6) is -0.274. The largest absolute Gasteiger partial charge is 0.416 e. The molecule has 0 atom stereocenters. The summed E-state index contributed by atoms with van der Waals surface area (Å²) < 4.78 is 69.6. The van der Waals surface area contributed by atoms with Crippen molar-refractivity contribution in [1.29, 1.82) is 0 Å². The van der Waals surface area contributed by atoms with Gasteiger partial charge in [0, 0.05) is 30.9 Å². The van der Waals surface area contributed by atoms with Crippen molar-refractivity contribution >= 4 is 37.4 Å². The standard InChI is InChI=1S/C45H35F3N2O4S/c46-45(47,48)38-9-5-8-35(27-38)31-12-16-33(17-13-31)42(51)29-49-28-39(20-21-43(49)52)55(53,54)50-24-22-32(23-25-50)30-14-18-34(19-15-30)44-40-10-3-1-6-36(40)26-37-7-2-4-11-41(37)44/h1-21,26-28,32H,22-25,29H2. The first-order valence-electron chi connectivity index (χ1n) is 18.0. The molecule has 8 rings (SSSR count). The molecule has 1 saturated heterocycles. The molecule has 0 N–H and O–H groups in total. The summed E-state index contributed by atoms with van der Waals surface area (Å²) in [6.45, 7) is 0.204. The van der Waals surface area contributed by atoms with E-state index in [1.54, 1.807) is 6.07 Å². The molecular formula is C45H35F3N2O4S. The molecule has 0 amide bonds. The fourth-order valence-corrected chi connectivity index (χ4v) is 9.07. The maximum Gasteiger partial charge on any atom is 0.416 e. The Balaban J connectivity index is 0.943. The van der Waals surface area contributed by atoms with Gasteiger partial charge in [0.15, 0.2) is 5.78 Å². The van der Waals surface area contributed by atoms with Crippen LogP contribution in [0.2, 0.25) is 0 Å². The average Bonchev–Trinajstić information content (AvgIpc) is 3.20. The van der Waals surface area contributed by atoms with Gasteiger partial charge in [-0.15, -0.1) is 0 Å². The van der Waals surface area contributed by atoms with E-state index >= 15 is 0 Å². The van der Waals surface area contributed by atoms with Gasteiger partial charge in [0.05, 0.1) is 17.0 Å². The molecule has 0 saturated carbocycles. The third-order valence-corrected chi connectivity index (χ3v) is 12.4. The van der Waals surface area contributed by atoms with E-state index < -0.39 is 39.7 Å². The summed E-state index contributed by atoms with van der Waals surface area (Å²) in [6, 6.07) is 40.9. The van der Waals surface area contributed by atoms with Crippen molar-refractivity contribution in [1.82, 2.24) is 8.87 Å². The molecule has 10 heteroatoms. The van der Waals surface area contributed by atoms with Crippen LogP contribution >= 0.6 is 0 Å². The van der Waals surface area contributed by atoms with Gasteiger partial charge in [-0.25, -0.2) is 8.42 Å². The normalized spacial score (nSPS) is 14.4. The van der Waals surface area contributed by atoms with Crippen LogP contribution in [0.15, 0.2) is 155 Å². The van der Waals surface area contributed by atoms with E-state index in [1.807, 2.05) is 12.1 Å². The van der Waals surface area contributed by atoms with E-state index in [1.165, 1.54) is 74.0 Å². The predicted molar refractivity (Wildman–Crippen MR) is 210 cm³/mol. The smallest absolute Gasteiger partial charge is 0.306 e. The van der Waals surface area contributed by atoms with Crippen LogP contribution in [0.25, 0.3) is 43.8 Å². The quantitative estimate of drug-likeness (QED) is 0.114. The average molecular weight is 757 g/mol. The van der Waals surface area contributed by atoms with Gasteiger partial charge >= 0.3 is 6.18 Å². The highest BCUT2D eigenvalue weighted by molar-refractivity contribution is 7.89. The van der Waals surface area contributed by atoms with E-state index in [4.69, 9.17) is 0 Å². The zero-order chi connectivity index (χ0) is 38.3. The number of nitrogens with zero attached hydrogens (tertiary/aromatic N) is 2. The third kappa shape index (κ3) is 7.23. The Morgan fingerprint density at radius 3 is 1.93 bits per heavy atom. The molecule has 7 aromatic rings. The monoisotopic (exact) mass is 756 g/mol. The molecule has 0 radical (unpaired) electrons. The number of hydrogen-bond acceptors (Lipinski definition) is 4. The lowest BCUT2D eigenvalue weighted by Crippen LogP contribution is -2.38. The van der Waals surface area contributed by atoms with Crippen molar-refractivity contribution in [2.45, 2.75) is 36.4 Å². The molecule has 0 unspecified atom stereocenters. The van der Waals surface area contributed by atoms with Gasteiger partial charge in [-0.05, 0) is 92.4 Å². The molecule has 0 aliphatic carbocycles. The maximum absolute atomic E-state index is 13.8. The highest BCUT2D eigenvalue weighted by Gasteiger charge is 2.32. The number of halogens is 3. The molecule has 0 spiro atoms. The second-order valence-corrected chi connectivity index (χ2v) is 15.8. The highest BCUT2D eigenvalue weighted by atomic mass is 32.2. The van der Waals surface area contributed by atoms with Crippen LogP contribution in [-0.4, -0.2) is 36.2 Å². The first-order chi connectivity index (χ1) is 26.5. The molecule has 6 aromatic carbocycles. The summed E-state index contributed by atoms with van der Waals surface area (Å²) >= 11 is 0. The van der Waals surface area contributed by atoms with Crippen LogP contribution in [0, 0.1) is 0 Å². The van der Waals surface area contributed by atoms with Gasteiger partial charge in [0.25, 0.3) is 5.56 Å². The summed E-state index contributed by atoms with van der Waals surface area (Å²) in [5, 5.41) is 4.74. The number of fused-ring (bicyclic) bond motifs is 2. The molecule has 0 bridgehead atoms. The third-order valence-electron chi connectivity index (χ3n) is 10.5. The number of benzene rings is 6. The van der Waals surface area contributed by atoms with E-state index in [2.05, 4.69) is 66.7 Å². The fourth-order valence-electron chi connectivity index (χ4n) is 7.58. The lowest BCUT2D eigenvalue weighted by atomic mass is 9.87. The number of carbonyl (C=O) groups excluding carboxylic acids is 1. The number of sulfonamides is 1. The van der Waals surface area contributed by atoms with Gasteiger partial charge in [-0.2, -0.15) is 17.5 Å². The molecule has 1 fully saturated rings. The maximum atomic E-state index is 13.8. The Kier molecular flexibility index (Phi) is 9.48. The Bertz CT molecular complexity index is 2680. The lowest BCUT2D eigenvalue weighted by molar-refractivity contribution is -0.137. The molecular weight excluding hydrogens is 722 g/mol. The minimum absolute atomic E-state index is 0.0788. The molecule has 6 nitrogen and oxygen atoms in total. The van der Waals surface area contributed by atoms with Crippen LogP contribution in [0.5, 0.6) is 0 Å². The van der Waals surface area contributed by atoms with E-state index in [0.29, 0.717) is 37.1 Å². The first-order valence-corrected chi connectivity index (χ1v) is 19.4. The number of ketones is 1. The number of carbonyl (C=O) groups is 1. The van der Waals surface area contributed by atoms with Crippen LogP contribution in [-0.2, 0) is 22.7 Å². The number of piperidine rings is 1. The van der Waals surface area contributed by atoms with E-state index in [9.17, 15) is 31.2 Å². The number of hydrogen-bond donors (Lipinski definition) is 0. The molecule has 1 aliphatic rings. The summed E-state index contributed by atoms with van der Waals surface area (Å²) in [4.78, 5) is 25.9. The molecule has 1 aromatic heterocycles. The SMILES string of the molecule is O=C(Cn1cc(S(=O)(=O)N2CCC(c3ccc(-c4c5ccccc5cc5ccccc45)cc3)CC2)ccc1=O)c1ccc(-c2cccc(C(F)(F)F)c2)cc1. The molecule has 1 aliphatic heterocycles. The Morgan fingerprint density at radius 1 is 0.673 bits per heavy atom. The summed E-state index contributed by atoms with van der Waals surface area (Å²) in [5.41, 5.74) is 3.22. The van der Waals surface area contributed by atoms with Crippen molar-refractivity contribution in [3.8, 4) is 22.3 Å². The highest BCUT2D eigenvalue weighted by Crippen LogP contribution is 2.38. The number of Topliss-reactive ketones (excluding diaryl/α,β-unsaturated/α-hetero) is 1. The van der Waals surface area contributed by atoms with Crippen LogP contribution in [0.1, 0.15) is 40.2 Å². The number of alkyl halides is 3. The topological polar surface area (TPSA) is 76.5 Å². The zero-order valence-electron chi connectivity index (χ0n) is 29.5. The molecule has 55 heavy (non-hydrogen) atoms. The lowest BCUT2D eigenvalue weighted by Gasteiger charge is -2.31. The van der Waals surface area contributed by atoms with Crippen molar-refractivity contribution in [2.75, 3.05) is 13.1 Å². The van der Waals surface area contributed by atoms with Crippen molar-refractivity contribution in [3.05, 3.63) is 173 Å². The minimum Gasteiger partial charge on any atom is -0.306 e. The van der Waals surface area contributed by atoms with Crippen molar-refractivity contribution < 1.29 is 26.4 Å². The second-order valence-electron chi connectivity index (χ2n) is 13.9.